The lowest BCUT2D eigenvalue weighted by atomic mass is 9.94. The Morgan fingerprint density at radius 3 is 2.58 bits per heavy atom. The number of benzene rings is 2. The fourth-order valence-electron chi connectivity index (χ4n) is 3.74. The summed E-state index contributed by atoms with van der Waals surface area (Å²) in [5.74, 6) is -0.316. The Hall–Kier alpha value is -4.33. The first-order chi connectivity index (χ1) is 16.0. The Balaban J connectivity index is 1.88. The number of hydrogen-bond donors (Lipinski definition) is 1. The van der Waals surface area contributed by atoms with Gasteiger partial charge in [-0.3, -0.25) is 14.5 Å². The molecule has 2 heterocycles. The molecule has 3 aromatic rings. The summed E-state index contributed by atoms with van der Waals surface area (Å²) in [6.45, 7) is 5.62. The average Bonchev–Trinajstić information content (AvgIpc) is 3.37. The van der Waals surface area contributed by atoms with E-state index in [1.54, 1.807) is 67.6 Å². The number of ketones is 1. The third-order valence-electron chi connectivity index (χ3n) is 5.24. The summed E-state index contributed by atoms with van der Waals surface area (Å²) in [5.41, 5.74) is 0.799. The number of aryl methyl sites for hydroxylation is 1. The summed E-state index contributed by atoms with van der Waals surface area (Å²) in [4.78, 5) is 27.5. The van der Waals surface area contributed by atoms with Crippen LogP contribution in [0.3, 0.4) is 0 Å². The normalized spacial score (nSPS) is 17.3. The monoisotopic (exact) mass is 446 g/mol. The van der Waals surface area contributed by atoms with Gasteiger partial charge in [0.1, 0.15) is 35.7 Å². The van der Waals surface area contributed by atoms with Crippen LogP contribution in [-0.2, 0) is 9.59 Å². The Morgan fingerprint density at radius 1 is 1.21 bits per heavy atom. The van der Waals surface area contributed by atoms with Crippen molar-refractivity contribution in [2.24, 2.45) is 0 Å². The van der Waals surface area contributed by atoms with E-state index in [1.165, 1.54) is 12.0 Å². The number of anilines is 1. The second-order valence-electron chi connectivity index (χ2n) is 7.33. The Bertz CT molecular complexity index is 1240. The number of Topliss-reactive ketones (excluding diaryl/α,β-unsaturated/α-hetero) is 1. The van der Waals surface area contributed by atoms with Gasteiger partial charge in [-0.2, -0.15) is 0 Å². The zero-order valence-electron chi connectivity index (χ0n) is 18.1. The van der Waals surface area contributed by atoms with Crippen LogP contribution in [0.15, 0.2) is 77.3 Å². The summed E-state index contributed by atoms with van der Waals surface area (Å²) in [6.07, 6.45) is 1.62. The van der Waals surface area contributed by atoms with Gasteiger partial charge in [-0.1, -0.05) is 36.0 Å². The fourth-order valence-corrected chi connectivity index (χ4v) is 3.74. The van der Waals surface area contributed by atoms with Crippen molar-refractivity contribution in [1.29, 1.82) is 0 Å². The number of amides is 1. The van der Waals surface area contributed by atoms with E-state index in [9.17, 15) is 14.7 Å². The Morgan fingerprint density at radius 2 is 1.94 bits per heavy atom. The number of rotatable bonds is 7. The SMILES string of the molecule is C=CCOc1ccc(C(O)=C2C(=O)C(=O)N(c3cc(C)on3)[C@H]2c2ccccc2OC)cc1. The highest BCUT2D eigenvalue weighted by Crippen LogP contribution is 2.44. The van der Waals surface area contributed by atoms with Gasteiger partial charge in [-0.15, -0.1) is 0 Å². The molecule has 0 spiro atoms. The zero-order chi connectivity index (χ0) is 23.5. The summed E-state index contributed by atoms with van der Waals surface area (Å²) in [7, 11) is 1.49. The third-order valence-corrected chi connectivity index (χ3v) is 5.24. The molecule has 0 bridgehead atoms. The number of nitrogens with zero attached hydrogens (tertiary/aromatic N) is 2. The van der Waals surface area contributed by atoms with E-state index < -0.39 is 17.7 Å². The molecule has 2 aromatic carbocycles. The van der Waals surface area contributed by atoms with E-state index in [1.807, 2.05) is 0 Å². The predicted octanol–water partition coefficient (Wildman–Crippen LogP) is 4.18. The van der Waals surface area contributed by atoms with Gasteiger partial charge in [0.05, 0.1) is 12.7 Å². The van der Waals surface area contributed by atoms with Crippen molar-refractivity contribution >= 4 is 23.3 Å². The van der Waals surface area contributed by atoms with Gasteiger partial charge >= 0.3 is 5.91 Å². The van der Waals surface area contributed by atoms with Crippen molar-refractivity contribution in [3.63, 3.8) is 0 Å². The topological polar surface area (TPSA) is 102 Å². The van der Waals surface area contributed by atoms with Crippen LogP contribution in [0.2, 0.25) is 0 Å². The first kappa shape index (κ1) is 21.9. The van der Waals surface area contributed by atoms with Crippen molar-refractivity contribution in [3.05, 3.63) is 89.7 Å². The molecule has 0 saturated carbocycles. The van der Waals surface area contributed by atoms with Crippen molar-refractivity contribution in [2.45, 2.75) is 13.0 Å². The summed E-state index contributed by atoms with van der Waals surface area (Å²) < 4.78 is 16.1. The average molecular weight is 446 g/mol. The van der Waals surface area contributed by atoms with Gasteiger partial charge in [0, 0.05) is 17.2 Å². The third kappa shape index (κ3) is 3.98. The minimum Gasteiger partial charge on any atom is -0.507 e. The van der Waals surface area contributed by atoms with Gasteiger partial charge in [-0.25, -0.2) is 0 Å². The molecule has 1 aliphatic rings. The van der Waals surface area contributed by atoms with Crippen LogP contribution in [0, 0.1) is 6.92 Å². The molecule has 8 heteroatoms. The first-order valence-corrected chi connectivity index (χ1v) is 10.2. The largest absolute Gasteiger partial charge is 0.507 e. The van der Waals surface area contributed by atoms with Gasteiger partial charge in [-0.05, 0) is 37.3 Å². The minimum absolute atomic E-state index is 0.0788. The van der Waals surface area contributed by atoms with Crippen LogP contribution in [0.5, 0.6) is 11.5 Å². The van der Waals surface area contributed by atoms with Crippen molar-refractivity contribution in [3.8, 4) is 11.5 Å². The number of carbonyl (C=O) groups is 2. The smallest absolute Gasteiger partial charge is 0.301 e. The van der Waals surface area contributed by atoms with Gasteiger partial charge in [0.15, 0.2) is 5.82 Å². The molecule has 168 valence electrons. The molecule has 1 atom stereocenters. The van der Waals surface area contributed by atoms with Crippen molar-refractivity contribution < 1.29 is 28.7 Å². The molecule has 1 N–H and O–H groups in total. The highest BCUT2D eigenvalue weighted by Gasteiger charge is 2.49. The molecule has 0 radical (unpaired) electrons. The summed E-state index contributed by atoms with van der Waals surface area (Å²) in [6, 6.07) is 14.1. The molecule has 1 aliphatic heterocycles. The second-order valence-corrected chi connectivity index (χ2v) is 7.33. The maximum Gasteiger partial charge on any atom is 0.301 e. The number of methoxy groups -OCH3 is 1. The summed E-state index contributed by atoms with van der Waals surface area (Å²) >= 11 is 0. The molecule has 1 amide bonds. The van der Waals surface area contributed by atoms with Gasteiger partial charge in [0.25, 0.3) is 5.78 Å². The number of aliphatic hydroxyl groups is 1. The Labute approximate surface area is 190 Å². The maximum absolute atomic E-state index is 13.2. The van der Waals surface area contributed by atoms with Gasteiger partial charge < -0.3 is 19.1 Å². The molecule has 0 aliphatic carbocycles. The first-order valence-electron chi connectivity index (χ1n) is 10.2. The summed E-state index contributed by atoms with van der Waals surface area (Å²) in [5, 5.41) is 15.1. The van der Waals surface area contributed by atoms with Crippen molar-refractivity contribution in [2.75, 3.05) is 18.6 Å². The van der Waals surface area contributed by atoms with Crippen LogP contribution < -0.4 is 14.4 Å². The fraction of sp³-hybridized carbons (Fsp3) is 0.160. The number of aromatic nitrogens is 1. The van der Waals surface area contributed by atoms with Crippen LogP contribution >= 0.6 is 0 Å². The van der Waals surface area contributed by atoms with Crippen LogP contribution in [0.1, 0.15) is 22.9 Å². The molecule has 4 rings (SSSR count). The minimum atomic E-state index is -0.970. The van der Waals surface area contributed by atoms with E-state index in [-0.39, 0.29) is 17.2 Å². The van der Waals surface area contributed by atoms with E-state index in [4.69, 9.17) is 14.0 Å². The molecular formula is C25H22N2O6. The Kier molecular flexibility index (Phi) is 5.99. The zero-order valence-corrected chi connectivity index (χ0v) is 18.1. The number of para-hydroxylation sites is 1. The molecule has 1 fully saturated rings. The lowest BCUT2D eigenvalue weighted by Crippen LogP contribution is -2.29. The lowest BCUT2D eigenvalue weighted by Gasteiger charge is -2.24. The number of carbonyl (C=O) groups excluding carboxylic acids is 2. The highest BCUT2D eigenvalue weighted by molar-refractivity contribution is 6.51. The van der Waals surface area contributed by atoms with Crippen LogP contribution in [0.4, 0.5) is 5.82 Å². The highest BCUT2D eigenvalue weighted by atomic mass is 16.5. The van der Waals surface area contributed by atoms with E-state index in [0.717, 1.165) is 0 Å². The standard InChI is InChI=1S/C25H22N2O6/c1-4-13-32-17-11-9-16(10-12-17)23(28)21-22(18-7-5-6-8-19(18)31-3)27(25(30)24(21)29)20-14-15(2)33-26-20/h4-12,14,22,28H,1,13H2,2-3H3/t22-/m0/s1. The molecule has 8 nitrogen and oxygen atoms in total. The molecule has 33 heavy (non-hydrogen) atoms. The quantitative estimate of drug-likeness (QED) is 0.251. The van der Waals surface area contributed by atoms with Crippen LogP contribution in [0.25, 0.3) is 5.76 Å². The number of aliphatic hydroxyl groups excluding tert-OH is 1. The van der Waals surface area contributed by atoms with Gasteiger partial charge in [0.2, 0.25) is 0 Å². The number of ether oxygens (including phenoxy) is 2. The number of hydrogen-bond acceptors (Lipinski definition) is 7. The van der Waals surface area contributed by atoms with E-state index >= 15 is 0 Å². The van der Waals surface area contributed by atoms with E-state index in [0.29, 0.717) is 35.0 Å². The second kappa shape index (κ2) is 9.04. The predicted molar refractivity (Wildman–Crippen MR) is 121 cm³/mol. The molecular weight excluding hydrogens is 424 g/mol. The van der Waals surface area contributed by atoms with Crippen LogP contribution in [-0.4, -0.2) is 35.7 Å². The van der Waals surface area contributed by atoms with E-state index in [2.05, 4.69) is 11.7 Å². The molecule has 1 aromatic heterocycles. The van der Waals surface area contributed by atoms with Crippen molar-refractivity contribution in [1.82, 2.24) is 5.16 Å². The maximum atomic E-state index is 13.2. The molecule has 1 saturated heterocycles. The molecule has 0 unspecified atom stereocenters. The lowest BCUT2D eigenvalue weighted by molar-refractivity contribution is -0.132.